The predicted molar refractivity (Wildman–Crippen MR) is 213 cm³/mol. The summed E-state index contributed by atoms with van der Waals surface area (Å²) in [4.78, 5) is 4.99. The summed E-state index contributed by atoms with van der Waals surface area (Å²) in [6.07, 6.45) is 3.69. The van der Waals surface area contributed by atoms with Crippen LogP contribution in [0.5, 0.6) is 0 Å². The van der Waals surface area contributed by atoms with E-state index < -0.39 is 0 Å². The first-order valence-corrected chi connectivity index (χ1v) is 17.0. The number of nitrogens with one attached hydrogen (secondary N) is 1. The predicted octanol–water partition coefficient (Wildman–Crippen LogP) is 10.6. The van der Waals surface area contributed by atoms with Gasteiger partial charge in [-0.1, -0.05) is 176 Å². The van der Waals surface area contributed by atoms with E-state index >= 15 is 0 Å². The Morgan fingerprint density at radius 2 is 1.14 bits per heavy atom. The first kappa shape index (κ1) is 32.3. The smallest absolute Gasteiger partial charge is 0.130 e. The lowest BCUT2D eigenvalue weighted by molar-refractivity contribution is 0.679. The van der Waals surface area contributed by atoms with Crippen molar-refractivity contribution in [3.05, 3.63) is 192 Å². The maximum atomic E-state index is 6.53. The number of anilines is 1. The quantitative estimate of drug-likeness (QED) is 0.0631. The lowest BCUT2D eigenvalue weighted by Gasteiger charge is -2.18. The molecule has 0 aliphatic carbocycles. The molecule has 0 aliphatic heterocycles. The maximum absolute atomic E-state index is 6.53. The van der Waals surface area contributed by atoms with Crippen LogP contribution in [0.15, 0.2) is 175 Å². The Balaban J connectivity index is 1.14. The van der Waals surface area contributed by atoms with Crippen LogP contribution in [0.3, 0.4) is 0 Å². The molecule has 244 valence electrons. The van der Waals surface area contributed by atoms with Gasteiger partial charge in [0, 0.05) is 16.8 Å². The monoisotopic (exact) mass is 648 g/mol. The molecule has 0 saturated carbocycles. The number of nitrogens with zero attached hydrogens (tertiary/aromatic N) is 1. The number of nitrogens with two attached hydrogens (primary N) is 2. The van der Waals surface area contributed by atoms with Crippen molar-refractivity contribution >= 4 is 28.4 Å². The van der Waals surface area contributed by atoms with Crippen molar-refractivity contribution in [2.24, 2.45) is 10.7 Å². The SMILES string of the molecule is C/C=C\c1cccc(-c2ccc(-c3ccc(-c4ccc(C/N=C(\NC(N)c5ccccc5)c5ccccc5)cc4)c4ccccc34)cc2)c1N. The average molecular weight is 649 g/mol. The third-order valence-electron chi connectivity index (χ3n) is 9.10. The van der Waals surface area contributed by atoms with Crippen LogP contribution in [0.4, 0.5) is 5.69 Å². The van der Waals surface area contributed by atoms with Crippen LogP contribution in [0.1, 0.15) is 35.3 Å². The lowest BCUT2D eigenvalue weighted by Crippen LogP contribution is -2.34. The number of benzene rings is 7. The van der Waals surface area contributed by atoms with Gasteiger partial charge in [0.15, 0.2) is 0 Å². The number of hydrogen-bond donors (Lipinski definition) is 3. The molecule has 50 heavy (non-hydrogen) atoms. The molecular formula is C46H40N4. The summed E-state index contributed by atoms with van der Waals surface area (Å²) in [6, 6.07) is 56.9. The van der Waals surface area contributed by atoms with Gasteiger partial charge in [-0.3, -0.25) is 4.99 Å². The molecule has 1 atom stereocenters. The Bertz CT molecular complexity index is 2270. The van der Waals surface area contributed by atoms with Crippen LogP contribution in [0, 0.1) is 0 Å². The van der Waals surface area contributed by atoms with E-state index in [0.29, 0.717) is 6.54 Å². The van der Waals surface area contributed by atoms with Gasteiger partial charge in [-0.05, 0) is 62.2 Å². The van der Waals surface area contributed by atoms with E-state index in [1.165, 1.54) is 33.0 Å². The molecule has 0 heterocycles. The Hall–Kier alpha value is -6.23. The molecule has 0 radical (unpaired) electrons. The van der Waals surface area contributed by atoms with E-state index in [9.17, 15) is 0 Å². The van der Waals surface area contributed by atoms with Crippen LogP contribution in [-0.4, -0.2) is 5.84 Å². The third kappa shape index (κ3) is 6.98. The van der Waals surface area contributed by atoms with Crippen molar-refractivity contribution in [3.63, 3.8) is 0 Å². The van der Waals surface area contributed by atoms with Gasteiger partial charge in [-0.25, -0.2) is 0 Å². The number of amidine groups is 1. The molecule has 5 N–H and O–H groups in total. The number of nitrogen functional groups attached to an aromatic ring is 1. The van der Waals surface area contributed by atoms with Crippen LogP contribution < -0.4 is 16.8 Å². The third-order valence-corrected chi connectivity index (χ3v) is 9.10. The highest BCUT2D eigenvalue weighted by Crippen LogP contribution is 2.37. The second-order valence-corrected chi connectivity index (χ2v) is 12.4. The van der Waals surface area contributed by atoms with E-state index in [1.54, 1.807) is 0 Å². The molecule has 4 nitrogen and oxygen atoms in total. The van der Waals surface area contributed by atoms with Crippen LogP contribution in [0.2, 0.25) is 0 Å². The van der Waals surface area contributed by atoms with Gasteiger partial charge < -0.3 is 16.8 Å². The van der Waals surface area contributed by atoms with Crippen molar-refractivity contribution in [2.45, 2.75) is 19.6 Å². The standard InChI is InChI=1S/C46H40N4/c1-2-12-36-17-11-20-41(44(36)47)35-27-25-34(26-28-35)40-30-29-39(42-18-9-10-19-43(40)42)33-23-21-32(22-24-33)31-49-46(38-15-7-4-8-16-38)50-45(48)37-13-5-3-6-14-37/h2-30,45H,31,47-48H2,1H3,(H,49,50)/b12-2-. The topological polar surface area (TPSA) is 76.4 Å². The van der Waals surface area contributed by atoms with Crippen molar-refractivity contribution < 1.29 is 0 Å². The lowest BCUT2D eigenvalue weighted by atomic mass is 9.91. The fourth-order valence-electron chi connectivity index (χ4n) is 6.46. The highest BCUT2D eigenvalue weighted by molar-refractivity contribution is 6.05. The zero-order valence-corrected chi connectivity index (χ0v) is 28.1. The number of aliphatic imine (C=N–C) groups is 1. The highest BCUT2D eigenvalue weighted by atomic mass is 15.1. The average Bonchev–Trinajstić information content (AvgIpc) is 3.18. The molecule has 7 aromatic carbocycles. The Morgan fingerprint density at radius 3 is 1.74 bits per heavy atom. The Morgan fingerprint density at radius 1 is 0.600 bits per heavy atom. The second kappa shape index (κ2) is 14.9. The summed E-state index contributed by atoms with van der Waals surface area (Å²) in [5.41, 5.74) is 24.9. The van der Waals surface area contributed by atoms with Crippen LogP contribution in [-0.2, 0) is 6.54 Å². The molecule has 0 spiro atoms. The molecule has 0 saturated heterocycles. The van der Waals surface area contributed by atoms with Gasteiger partial charge in [0.05, 0.1) is 6.54 Å². The summed E-state index contributed by atoms with van der Waals surface area (Å²) in [5, 5.41) is 5.87. The van der Waals surface area contributed by atoms with E-state index in [2.05, 4.69) is 115 Å². The molecule has 0 bridgehead atoms. The summed E-state index contributed by atoms with van der Waals surface area (Å²) in [6.45, 7) is 2.53. The van der Waals surface area contributed by atoms with Crippen molar-refractivity contribution in [3.8, 4) is 33.4 Å². The van der Waals surface area contributed by atoms with Crippen LogP contribution in [0.25, 0.3) is 50.2 Å². The van der Waals surface area contributed by atoms with Gasteiger partial charge in [-0.15, -0.1) is 0 Å². The summed E-state index contributed by atoms with van der Waals surface area (Å²) in [5.74, 6) is 0.770. The fraction of sp³-hybridized carbons (Fsp3) is 0.0652. The minimum Gasteiger partial charge on any atom is -0.398 e. The van der Waals surface area contributed by atoms with Crippen molar-refractivity contribution in [2.75, 3.05) is 5.73 Å². The first-order valence-electron chi connectivity index (χ1n) is 17.0. The maximum Gasteiger partial charge on any atom is 0.130 e. The molecule has 0 amide bonds. The number of fused-ring (bicyclic) bond motifs is 1. The summed E-state index contributed by atoms with van der Waals surface area (Å²) in [7, 11) is 0. The molecule has 0 aromatic heterocycles. The van der Waals surface area contributed by atoms with Gasteiger partial charge in [-0.2, -0.15) is 0 Å². The summed E-state index contributed by atoms with van der Waals surface area (Å²) < 4.78 is 0. The summed E-state index contributed by atoms with van der Waals surface area (Å²) >= 11 is 0. The minimum absolute atomic E-state index is 0.370. The molecule has 0 aliphatic rings. The zero-order chi connectivity index (χ0) is 34.3. The van der Waals surface area contributed by atoms with E-state index in [4.69, 9.17) is 16.5 Å². The fourth-order valence-corrected chi connectivity index (χ4v) is 6.46. The van der Waals surface area contributed by atoms with E-state index in [1.807, 2.05) is 73.7 Å². The largest absolute Gasteiger partial charge is 0.398 e. The second-order valence-electron chi connectivity index (χ2n) is 12.4. The normalized spacial score (nSPS) is 12.3. The van der Waals surface area contributed by atoms with E-state index in [0.717, 1.165) is 44.9 Å². The van der Waals surface area contributed by atoms with Gasteiger partial charge >= 0.3 is 0 Å². The highest BCUT2D eigenvalue weighted by Gasteiger charge is 2.13. The molecule has 7 rings (SSSR count). The van der Waals surface area contributed by atoms with Gasteiger partial charge in [0.25, 0.3) is 0 Å². The molecule has 7 aromatic rings. The van der Waals surface area contributed by atoms with Gasteiger partial charge in [0.1, 0.15) is 12.0 Å². The molecule has 0 fully saturated rings. The molecule has 4 heteroatoms. The Labute approximate surface area is 294 Å². The molecule has 1 unspecified atom stereocenters. The molecular weight excluding hydrogens is 609 g/mol. The number of hydrogen-bond acceptors (Lipinski definition) is 3. The zero-order valence-electron chi connectivity index (χ0n) is 28.1. The number of para-hydroxylation sites is 1. The van der Waals surface area contributed by atoms with Gasteiger partial charge in [0.2, 0.25) is 0 Å². The number of rotatable bonds is 9. The van der Waals surface area contributed by atoms with Crippen molar-refractivity contribution in [1.29, 1.82) is 0 Å². The number of allylic oxidation sites excluding steroid dienone is 1. The first-order chi connectivity index (χ1) is 24.6. The van der Waals surface area contributed by atoms with E-state index in [-0.39, 0.29) is 6.17 Å². The van der Waals surface area contributed by atoms with Crippen molar-refractivity contribution in [1.82, 2.24) is 5.32 Å². The minimum atomic E-state index is -0.370. The Kier molecular flexibility index (Phi) is 9.63. The van der Waals surface area contributed by atoms with Crippen LogP contribution >= 0.6 is 0 Å².